The minimum Gasteiger partial charge on any atom is -0.374 e. The smallest absolute Gasteiger partial charge is 0.0781 e. The molecule has 0 amide bonds. The molecule has 2 heteroatoms. The van der Waals surface area contributed by atoms with Gasteiger partial charge in [-0.25, -0.2) is 0 Å². The Kier molecular flexibility index (Phi) is 6.83. The van der Waals surface area contributed by atoms with Gasteiger partial charge in [0.25, 0.3) is 0 Å². The molecule has 0 aromatic heterocycles. The molecule has 3 aromatic carbocycles. The van der Waals surface area contributed by atoms with E-state index in [9.17, 15) is 0 Å². The van der Waals surface area contributed by atoms with E-state index in [-0.39, 0.29) is 11.0 Å². The lowest BCUT2D eigenvalue weighted by Gasteiger charge is -2.38. The molecule has 32 heavy (non-hydrogen) atoms. The topological polar surface area (TPSA) is 12.5 Å². The number of benzene rings is 3. The van der Waals surface area contributed by atoms with Gasteiger partial charge in [-0.15, -0.1) is 0 Å². The highest BCUT2D eigenvalue weighted by Crippen LogP contribution is 2.47. The monoisotopic (exact) mass is 427 g/mol. The van der Waals surface area contributed by atoms with Crippen LogP contribution in [-0.4, -0.2) is 29.7 Å². The number of hydrogen-bond acceptors (Lipinski definition) is 2. The summed E-state index contributed by atoms with van der Waals surface area (Å²) in [5.74, 6) is 0.520. The molecule has 0 bridgehead atoms. The van der Waals surface area contributed by atoms with Crippen molar-refractivity contribution < 1.29 is 4.74 Å². The quantitative estimate of drug-likeness (QED) is 0.397. The summed E-state index contributed by atoms with van der Waals surface area (Å²) in [7, 11) is 0. The highest BCUT2D eigenvalue weighted by atomic mass is 16.5. The molecular weight excluding hydrogens is 390 g/mol. The second kappa shape index (κ2) is 9.60. The molecule has 1 aliphatic rings. The third kappa shape index (κ3) is 4.82. The molecule has 2 nitrogen and oxygen atoms in total. The highest BCUT2D eigenvalue weighted by molar-refractivity contribution is 5.42. The molecule has 168 valence electrons. The number of hydrogen-bond donors (Lipinski definition) is 0. The zero-order valence-corrected chi connectivity index (χ0v) is 20.0. The van der Waals surface area contributed by atoms with Crippen LogP contribution in [0, 0.1) is 5.92 Å². The Morgan fingerprint density at radius 1 is 0.844 bits per heavy atom. The van der Waals surface area contributed by atoms with E-state index in [1.807, 2.05) is 0 Å². The number of nitrogens with zero attached hydrogens (tertiary/aromatic N) is 1. The van der Waals surface area contributed by atoms with Crippen LogP contribution < -0.4 is 0 Å². The van der Waals surface area contributed by atoms with Crippen molar-refractivity contribution in [1.29, 1.82) is 0 Å². The Hall–Kier alpha value is -2.42. The van der Waals surface area contributed by atoms with E-state index in [0.717, 1.165) is 26.1 Å². The summed E-state index contributed by atoms with van der Waals surface area (Å²) >= 11 is 0. The van der Waals surface area contributed by atoms with Crippen LogP contribution in [0.3, 0.4) is 0 Å². The fourth-order valence-electron chi connectivity index (χ4n) is 5.23. The molecule has 3 aromatic rings. The average Bonchev–Trinajstić information content (AvgIpc) is 3.21. The Bertz CT molecular complexity index is 926. The largest absolute Gasteiger partial charge is 0.374 e. The second-order valence-electron chi connectivity index (χ2n) is 10.2. The molecule has 0 saturated carbocycles. The minimum atomic E-state index is -0.246. The van der Waals surface area contributed by atoms with Gasteiger partial charge in [0.05, 0.1) is 5.60 Å². The Labute approximate surface area is 194 Å². The fourth-order valence-corrected chi connectivity index (χ4v) is 5.23. The van der Waals surface area contributed by atoms with E-state index in [1.165, 1.54) is 16.7 Å². The Balaban J connectivity index is 1.76. The maximum atomic E-state index is 6.57. The van der Waals surface area contributed by atoms with E-state index in [0.29, 0.717) is 12.0 Å². The average molecular weight is 428 g/mol. The fraction of sp³-hybridized carbons (Fsp3) is 0.400. The lowest BCUT2D eigenvalue weighted by molar-refractivity contribution is -0.0793. The van der Waals surface area contributed by atoms with Gasteiger partial charge in [-0.2, -0.15) is 0 Å². The predicted molar refractivity (Wildman–Crippen MR) is 134 cm³/mol. The first-order chi connectivity index (χ1) is 15.4. The van der Waals surface area contributed by atoms with Gasteiger partial charge in [-0.3, -0.25) is 4.90 Å². The van der Waals surface area contributed by atoms with Crippen LogP contribution in [0.15, 0.2) is 91.0 Å². The molecule has 1 saturated heterocycles. The molecule has 1 fully saturated rings. The second-order valence-corrected chi connectivity index (χ2v) is 10.2. The maximum Gasteiger partial charge on any atom is 0.0781 e. The normalized spacial score (nSPS) is 18.8. The first kappa shape index (κ1) is 22.8. The summed E-state index contributed by atoms with van der Waals surface area (Å²) in [6.07, 6.45) is 1.04. The first-order valence-corrected chi connectivity index (χ1v) is 11.9. The van der Waals surface area contributed by atoms with Gasteiger partial charge in [0.15, 0.2) is 0 Å². The number of ether oxygens (including phenoxy) is 1. The van der Waals surface area contributed by atoms with Crippen molar-refractivity contribution in [2.45, 2.75) is 57.7 Å². The van der Waals surface area contributed by atoms with Crippen molar-refractivity contribution >= 4 is 0 Å². The van der Waals surface area contributed by atoms with Gasteiger partial charge < -0.3 is 4.74 Å². The lowest BCUT2D eigenvalue weighted by Crippen LogP contribution is -2.47. The van der Waals surface area contributed by atoms with Crippen molar-refractivity contribution in [3.63, 3.8) is 0 Å². The molecular formula is C30H37NO. The molecule has 0 aliphatic carbocycles. The SMILES string of the molecule is CC(C)COC(C)(C)C1CC(c2ccccc2)(c2ccccc2)CN1Cc1ccccc1. The summed E-state index contributed by atoms with van der Waals surface area (Å²) in [5, 5.41) is 0. The predicted octanol–water partition coefficient (Wildman–Crippen LogP) is 6.70. The molecule has 4 rings (SSSR count). The van der Waals surface area contributed by atoms with Crippen LogP contribution in [0.2, 0.25) is 0 Å². The number of likely N-dealkylation sites (tertiary alicyclic amines) is 1. The van der Waals surface area contributed by atoms with Gasteiger partial charge in [0.1, 0.15) is 0 Å². The maximum absolute atomic E-state index is 6.57. The molecule has 0 radical (unpaired) electrons. The van der Waals surface area contributed by atoms with Crippen LogP contribution >= 0.6 is 0 Å². The van der Waals surface area contributed by atoms with Crippen LogP contribution in [0.5, 0.6) is 0 Å². The van der Waals surface area contributed by atoms with Crippen LogP contribution in [0.25, 0.3) is 0 Å². The summed E-state index contributed by atoms with van der Waals surface area (Å²) < 4.78 is 6.57. The summed E-state index contributed by atoms with van der Waals surface area (Å²) in [6.45, 7) is 11.7. The van der Waals surface area contributed by atoms with E-state index >= 15 is 0 Å². The van der Waals surface area contributed by atoms with Gasteiger partial charge in [-0.1, -0.05) is 105 Å². The van der Waals surface area contributed by atoms with Gasteiger partial charge >= 0.3 is 0 Å². The van der Waals surface area contributed by atoms with Crippen molar-refractivity contribution in [2.75, 3.05) is 13.2 Å². The summed E-state index contributed by atoms with van der Waals surface area (Å²) in [5.41, 5.74) is 3.84. The van der Waals surface area contributed by atoms with Gasteiger partial charge in [0, 0.05) is 31.2 Å². The van der Waals surface area contributed by atoms with Gasteiger partial charge in [0.2, 0.25) is 0 Å². The molecule has 1 atom stereocenters. The highest BCUT2D eigenvalue weighted by Gasteiger charge is 2.51. The molecule has 0 spiro atoms. The van der Waals surface area contributed by atoms with E-state index in [1.54, 1.807) is 0 Å². The van der Waals surface area contributed by atoms with Crippen LogP contribution in [-0.2, 0) is 16.7 Å². The van der Waals surface area contributed by atoms with E-state index in [4.69, 9.17) is 4.74 Å². The molecule has 1 unspecified atom stereocenters. The standard InChI is InChI=1S/C30H37NO/c1-24(2)22-32-29(3,4)28-20-30(26-16-10-6-11-17-26,27-18-12-7-13-19-27)23-31(28)21-25-14-8-5-9-15-25/h5-19,24,28H,20-23H2,1-4H3. The molecule has 1 aliphatic heterocycles. The summed E-state index contributed by atoms with van der Waals surface area (Å²) in [6, 6.07) is 33.3. The van der Waals surface area contributed by atoms with E-state index in [2.05, 4.69) is 124 Å². The lowest BCUT2D eigenvalue weighted by atomic mass is 9.71. The number of rotatable bonds is 8. The van der Waals surface area contributed by atoms with E-state index < -0.39 is 0 Å². The Morgan fingerprint density at radius 3 is 1.84 bits per heavy atom. The minimum absolute atomic E-state index is 0.0551. The van der Waals surface area contributed by atoms with Crippen molar-refractivity contribution in [3.8, 4) is 0 Å². The third-order valence-electron chi connectivity index (χ3n) is 6.93. The first-order valence-electron chi connectivity index (χ1n) is 11.9. The van der Waals surface area contributed by atoms with Crippen LogP contribution in [0.1, 0.15) is 50.8 Å². The van der Waals surface area contributed by atoms with Crippen molar-refractivity contribution in [2.24, 2.45) is 5.92 Å². The van der Waals surface area contributed by atoms with Crippen LogP contribution in [0.4, 0.5) is 0 Å². The zero-order chi connectivity index (χ0) is 22.6. The Morgan fingerprint density at radius 2 is 1.34 bits per heavy atom. The summed E-state index contributed by atoms with van der Waals surface area (Å²) in [4.78, 5) is 2.66. The third-order valence-corrected chi connectivity index (χ3v) is 6.93. The molecule has 0 N–H and O–H groups in total. The zero-order valence-electron chi connectivity index (χ0n) is 20.0. The molecule has 1 heterocycles. The van der Waals surface area contributed by atoms with Crippen molar-refractivity contribution in [1.82, 2.24) is 4.90 Å². The van der Waals surface area contributed by atoms with Crippen molar-refractivity contribution in [3.05, 3.63) is 108 Å². The van der Waals surface area contributed by atoms with Gasteiger partial charge in [-0.05, 0) is 42.9 Å².